The molecule has 5 aromatic heterocycles. The molecule has 8 rings (SSSR count). The summed E-state index contributed by atoms with van der Waals surface area (Å²) in [6.07, 6.45) is 4.81. The van der Waals surface area contributed by atoms with Crippen LogP contribution in [-0.2, 0) is 58.9 Å². The average Bonchev–Trinajstić information content (AvgIpc) is 2.98. The van der Waals surface area contributed by atoms with Crippen molar-refractivity contribution in [1.29, 1.82) is 0 Å². The van der Waals surface area contributed by atoms with Gasteiger partial charge >= 0.3 is 0 Å². The molecule has 1 aromatic carbocycles. The van der Waals surface area contributed by atoms with E-state index in [1.165, 1.54) is 11.1 Å². The molecule has 0 unspecified atom stereocenters. The maximum Gasteiger partial charge on any atom is 0.0466 e. The third-order valence-corrected chi connectivity index (χ3v) is 7.43. The molecule has 1 radical (unpaired) electrons. The van der Waals surface area contributed by atoms with Crippen molar-refractivity contribution in [2.24, 2.45) is 0 Å². The molecule has 0 saturated carbocycles. The SMILES string of the molecule is [Re].[c-]1c2cccc1Cc1cccc(n1)Cc1cccc(n1)C2.c1cc2nc(c1)Cc1cccc(n1)Cc1cccc(n1)C2. The molecular formula is C37H30N5Re-. The van der Waals surface area contributed by atoms with Crippen LogP contribution in [-0.4, -0.2) is 24.9 Å². The van der Waals surface area contributed by atoms with Gasteiger partial charge in [-0.15, -0.1) is 0 Å². The van der Waals surface area contributed by atoms with Crippen LogP contribution in [0, 0.1) is 6.07 Å². The Bertz CT molecular complexity index is 1410. The number of hydrogen-bond donors (Lipinski definition) is 0. The van der Waals surface area contributed by atoms with Crippen LogP contribution in [0.5, 0.6) is 0 Å². The van der Waals surface area contributed by atoms with Crippen molar-refractivity contribution < 1.29 is 20.4 Å². The largest absolute Gasteiger partial charge is 0.257 e. The first-order valence-electron chi connectivity index (χ1n) is 14.4. The van der Waals surface area contributed by atoms with Gasteiger partial charge in [-0.3, -0.25) is 24.9 Å². The molecule has 43 heavy (non-hydrogen) atoms. The molecule has 0 amide bonds. The Balaban J connectivity index is 0.000000150. The molecule has 6 aromatic rings. The van der Waals surface area contributed by atoms with Crippen molar-refractivity contribution in [1.82, 2.24) is 24.9 Å². The maximum atomic E-state index is 4.75. The van der Waals surface area contributed by atoms with E-state index in [1.54, 1.807) is 0 Å². The Hall–Kier alpha value is -4.37. The molecule has 0 fully saturated rings. The third kappa shape index (κ3) is 7.53. The molecule has 7 heterocycles. The van der Waals surface area contributed by atoms with Crippen molar-refractivity contribution in [3.05, 3.63) is 183 Å². The van der Waals surface area contributed by atoms with E-state index in [0.29, 0.717) is 0 Å². The fourth-order valence-electron chi connectivity index (χ4n) is 5.54. The second kappa shape index (κ2) is 13.3. The smallest absolute Gasteiger partial charge is 0.0466 e. The summed E-state index contributed by atoms with van der Waals surface area (Å²) < 4.78 is 0. The zero-order valence-corrected chi connectivity index (χ0v) is 26.5. The van der Waals surface area contributed by atoms with Crippen molar-refractivity contribution in [2.75, 3.05) is 0 Å². The summed E-state index contributed by atoms with van der Waals surface area (Å²) in [6.45, 7) is 0. The Morgan fingerprint density at radius 1 is 0.302 bits per heavy atom. The van der Waals surface area contributed by atoms with Crippen molar-refractivity contribution >= 4 is 0 Å². The van der Waals surface area contributed by atoms with Gasteiger partial charge in [0.15, 0.2) is 0 Å². The summed E-state index contributed by atoms with van der Waals surface area (Å²) >= 11 is 0. The molecule has 0 atom stereocenters. The minimum absolute atomic E-state index is 0. The molecule has 0 saturated heterocycles. The van der Waals surface area contributed by atoms with E-state index in [1.807, 2.05) is 0 Å². The van der Waals surface area contributed by atoms with Gasteiger partial charge in [0, 0.05) is 103 Å². The van der Waals surface area contributed by atoms with E-state index in [0.717, 1.165) is 95.5 Å². The molecule has 0 aliphatic carbocycles. The Morgan fingerprint density at radius 2 is 0.512 bits per heavy atom. The van der Waals surface area contributed by atoms with Crippen LogP contribution in [0.3, 0.4) is 0 Å². The van der Waals surface area contributed by atoms with Gasteiger partial charge in [0.2, 0.25) is 0 Å². The minimum Gasteiger partial charge on any atom is -0.257 e. The quantitative estimate of drug-likeness (QED) is 0.171. The Morgan fingerprint density at radius 3 is 0.767 bits per heavy atom. The summed E-state index contributed by atoms with van der Waals surface area (Å²) in [5.74, 6) is 0. The first-order valence-corrected chi connectivity index (χ1v) is 14.4. The van der Waals surface area contributed by atoms with Gasteiger partial charge in [-0.05, 0) is 73.5 Å². The molecule has 211 valence electrons. The third-order valence-electron chi connectivity index (χ3n) is 7.43. The normalized spacial score (nSPS) is 12.8. The summed E-state index contributed by atoms with van der Waals surface area (Å²) in [5.41, 5.74) is 13.1. The molecular weight excluding hydrogens is 701 g/mol. The van der Waals surface area contributed by atoms with Crippen molar-refractivity contribution in [2.45, 2.75) is 38.5 Å². The van der Waals surface area contributed by atoms with Crippen LogP contribution >= 0.6 is 0 Å². The second-order valence-electron chi connectivity index (χ2n) is 10.9. The van der Waals surface area contributed by atoms with E-state index in [4.69, 9.17) is 24.9 Å². The number of pyridine rings is 5. The molecule has 5 nitrogen and oxygen atoms in total. The average molecular weight is 731 g/mol. The number of hydrogen-bond acceptors (Lipinski definition) is 5. The number of aromatic nitrogens is 5. The Kier molecular flexibility index (Phi) is 8.89. The van der Waals surface area contributed by atoms with Crippen LogP contribution in [0.1, 0.15) is 68.1 Å². The fraction of sp³-hybridized carbons (Fsp3) is 0.162. The fourth-order valence-corrected chi connectivity index (χ4v) is 5.54. The van der Waals surface area contributed by atoms with Crippen LogP contribution in [0.4, 0.5) is 0 Å². The Labute approximate surface area is 266 Å². The number of fused-ring (bicyclic) bond motifs is 12. The van der Waals surface area contributed by atoms with E-state index in [-0.39, 0.29) is 20.4 Å². The topological polar surface area (TPSA) is 64.5 Å². The van der Waals surface area contributed by atoms with Gasteiger partial charge in [-0.1, -0.05) is 30.3 Å². The van der Waals surface area contributed by atoms with Gasteiger partial charge in [0.05, 0.1) is 0 Å². The molecule has 0 N–H and O–H groups in total. The van der Waals surface area contributed by atoms with Crippen LogP contribution in [0.25, 0.3) is 0 Å². The van der Waals surface area contributed by atoms with E-state index in [2.05, 4.69) is 115 Å². The summed E-state index contributed by atoms with van der Waals surface area (Å²) in [7, 11) is 0. The van der Waals surface area contributed by atoms with Gasteiger partial charge in [0.1, 0.15) is 0 Å². The summed E-state index contributed by atoms with van der Waals surface area (Å²) in [6, 6.07) is 40.9. The van der Waals surface area contributed by atoms with E-state index in [9.17, 15) is 0 Å². The van der Waals surface area contributed by atoms with Crippen molar-refractivity contribution in [3.8, 4) is 0 Å². The van der Waals surface area contributed by atoms with Gasteiger partial charge in [-0.25, -0.2) is 0 Å². The first kappa shape index (κ1) is 28.7. The predicted molar refractivity (Wildman–Crippen MR) is 163 cm³/mol. The monoisotopic (exact) mass is 731 g/mol. The minimum atomic E-state index is 0. The second-order valence-corrected chi connectivity index (χ2v) is 10.9. The molecule has 0 spiro atoms. The van der Waals surface area contributed by atoms with Gasteiger partial charge in [-0.2, -0.15) is 35.4 Å². The molecule has 2 aliphatic rings. The number of rotatable bonds is 0. The molecule has 2 aliphatic heterocycles. The van der Waals surface area contributed by atoms with Crippen LogP contribution in [0.2, 0.25) is 0 Å². The summed E-state index contributed by atoms with van der Waals surface area (Å²) in [5, 5.41) is 0. The molecule has 12 bridgehead atoms. The molecule has 6 heteroatoms. The number of nitrogens with zero attached hydrogens (tertiary/aromatic N) is 5. The van der Waals surface area contributed by atoms with Crippen LogP contribution in [0.15, 0.2) is 109 Å². The van der Waals surface area contributed by atoms with Gasteiger partial charge < -0.3 is 0 Å². The van der Waals surface area contributed by atoms with Crippen LogP contribution < -0.4 is 0 Å². The van der Waals surface area contributed by atoms with E-state index >= 15 is 0 Å². The maximum absolute atomic E-state index is 4.75. The predicted octanol–water partition coefficient (Wildman–Crippen LogP) is 6.32. The first-order chi connectivity index (χ1) is 20.7. The zero-order chi connectivity index (χ0) is 28.1. The van der Waals surface area contributed by atoms with Gasteiger partial charge in [0.25, 0.3) is 0 Å². The van der Waals surface area contributed by atoms with Crippen molar-refractivity contribution in [3.63, 3.8) is 0 Å². The van der Waals surface area contributed by atoms with E-state index < -0.39 is 0 Å². The summed E-state index contributed by atoms with van der Waals surface area (Å²) in [4.78, 5) is 23.7. The zero-order valence-electron chi connectivity index (χ0n) is 23.7. The standard InChI is InChI=1S/C19H15N2.C18H15N3.Re/c1-4-14-10-15(5-1)12-17-7-3-9-19(21-17)13-18-8-2-6-16(11-14)20-18;1-4-13-10-15-6-2-8-17(20-15)12-18-9-3-7-16(21-18)11-14(5-1)19-13;/h1-9H,11-13H2;1-9H,10-12H2;/q-1;;. The number of benzene rings is 1.